The molecular formula is C22H32N4O2. The van der Waals surface area contributed by atoms with E-state index in [4.69, 9.17) is 0 Å². The highest BCUT2D eigenvalue weighted by molar-refractivity contribution is 5.92. The Kier molecular flexibility index (Phi) is 6.20. The van der Waals surface area contributed by atoms with Crippen LogP contribution in [0.2, 0.25) is 0 Å². The third kappa shape index (κ3) is 5.00. The maximum Gasteiger partial charge on any atom is 0.227 e. The number of carbonyl (C=O) groups excluding carboxylic acids is 1. The van der Waals surface area contributed by atoms with E-state index in [9.17, 15) is 9.90 Å². The average Bonchev–Trinajstić information content (AvgIpc) is 3.01. The molecule has 152 valence electrons. The van der Waals surface area contributed by atoms with Crippen LogP contribution in [0.15, 0.2) is 30.3 Å². The highest BCUT2D eigenvalue weighted by Gasteiger charge is 2.28. The second-order valence-corrected chi connectivity index (χ2v) is 8.75. The van der Waals surface area contributed by atoms with Gasteiger partial charge in [-0.05, 0) is 70.1 Å². The van der Waals surface area contributed by atoms with E-state index >= 15 is 0 Å². The summed E-state index contributed by atoms with van der Waals surface area (Å²) in [5.41, 5.74) is 3.79. The first-order valence-electron chi connectivity index (χ1n) is 10.1. The number of aryl methyl sites for hydroxylation is 2. The molecule has 6 heteroatoms. The van der Waals surface area contributed by atoms with Crippen molar-refractivity contribution in [2.24, 2.45) is 11.3 Å². The van der Waals surface area contributed by atoms with Gasteiger partial charge in [0, 0.05) is 35.9 Å². The standard InChI is InChI=1S/C22H32N4O2/c1-16-13-17(2)26(24-16)20-7-5-19(6-8-20)23-21(28)18-9-11-25(12-10-18)14-22(3,4)15-27/h5-8,13,18,27H,9-12,14-15H2,1-4H3,(H,23,28). The number of nitrogens with zero attached hydrogens (tertiary/aromatic N) is 3. The molecule has 0 atom stereocenters. The predicted molar refractivity (Wildman–Crippen MR) is 112 cm³/mol. The van der Waals surface area contributed by atoms with Gasteiger partial charge in [-0.15, -0.1) is 0 Å². The van der Waals surface area contributed by atoms with E-state index in [1.54, 1.807) is 0 Å². The van der Waals surface area contributed by atoms with Crippen molar-refractivity contribution in [3.8, 4) is 5.69 Å². The van der Waals surface area contributed by atoms with Crippen molar-refractivity contribution in [2.75, 3.05) is 31.6 Å². The van der Waals surface area contributed by atoms with Gasteiger partial charge in [0.15, 0.2) is 0 Å². The van der Waals surface area contributed by atoms with Crippen molar-refractivity contribution in [3.63, 3.8) is 0 Å². The lowest BCUT2D eigenvalue weighted by Gasteiger charge is -2.36. The van der Waals surface area contributed by atoms with Gasteiger partial charge in [0.25, 0.3) is 0 Å². The Morgan fingerprint density at radius 3 is 2.39 bits per heavy atom. The van der Waals surface area contributed by atoms with E-state index in [0.717, 1.165) is 55.2 Å². The van der Waals surface area contributed by atoms with Gasteiger partial charge in [-0.3, -0.25) is 4.79 Å². The molecule has 0 unspecified atom stereocenters. The van der Waals surface area contributed by atoms with Gasteiger partial charge < -0.3 is 15.3 Å². The predicted octanol–water partition coefficient (Wildman–Crippen LogP) is 3.16. The number of rotatable bonds is 6. The topological polar surface area (TPSA) is 70.4 Å². The normalized spacial score (nSPS) is 16.3. The Labute approximate surface area is 167 Å². The minimum absolute atomic E-state index is 0.0455. The van der Waals surface area contributed by atoms with Crippen LogP contribution in [0.25, 0.3) is 5.69 Å². The lowest BCUT2D eigenvalue weighted by Crippen LogP contribution is -2.43. The Morgan fingerprint density at radius 2 is 1.86 bits per heavy atom. The number of aromatic nitrogens is 2. The van der Waals surface area contributed by atoms with Crippen molar-refractivity contribution < 1.29 is 9.90 Å². The number of aliphatic hydroxyl groups excluding tert-OH is 1. The molecule has 1 aliphatic heterocycles. The van der Waals surface area contributed by atoms with Crippen LogP contribution < -0.4 is 5.32 Å². The van der Waals surface area contributed by atoms with E-state index in [1.165, 1.54) is 0 Å². The Hall–Kier alpha value is -2.18. The number of anilines is 1. The maximum absolute atomic E-state index is 12.6. The van der Waals surface area contributed by atoms with Crippen molar-refractivity contribution >= 4 is 11.6 Å². The smallest absolute Gasteiger partial charge is 0.227 e. The molecule has 0 aliphatic carbocycles. The van der Waals surface area contributed by atoms with E-state index in [1.807, 2.05) is 48.9 Å². The summed E-state index contributed by atoms with van der Waals surface area (Å²) >= 11 is 0. The van der Waals surface area contributed by atoms with Crippen LogP contribution in [0.1, 0.15) is 38.1 Å². The zero-order valence-corrected chi connectivity index (χ0v) is 17.4. The van der Waals surface area contributed by atoms with Gasteiger partial charge >= 0.3 is 0 Å². The second kappa shape index (κ2) is 8.45. The molecule has 0 saturated carbocycles. The number of likely N-dealkylation sites (tertiary alicyclic amines) is 1. The molecule has 28 heavy (non-hydrogen) atoms. The van der Waals surface area contributed by atoms with Crippen LogP contribution in [0.3, 0.4) is 0 Å². The molecule has 0 bridgehead atoms. The molecule has 6 nitrogen and oxygen atoms in total. The molecule has 1 amide bonds. The van der Waals surface area contributed by atoms with E-state index in [2.05, 4.69) is 29.2 Å². The molecule has 0 spiro atoms. The lowest BCUT2D eigenvalue weighted by atomic mass is 9.90. The minimum atomic E-state index is -0.0949. The molecule has 1 saturated heterocycles. The number of hydrogen-bond acceptors (Lipinski definition) is 4. The molecule has 2 heterocycles. The van der Waals surface area contributed by atoms with Crippen LogP contribution in [-0.2, 0) is 4.79 Å². The second-order valence-electron chi connectivity index (χ2n) is 8.75. The number of piperidine rings is 1. The summed E-state index contributed by atoms with van der Waals surface area (Å²) in [5.74, 6) is 0.143. The van der Waals surface area contributed by atoms with Gasteiger partial charge in [0.2, 0.25) is 5.91 Å². The fourth-order valence-corrected chi connectivity index (χ4v) is 3.83. The molecule has 3 rings (SSSR count). The summed E-state index contributed by atoms with van der Waals surface area (Å²) in [5, 5.41) is 17.0. The first-order valence-corrected chi connectivity index (χ1v) is 10.1. The quantitative estimate of drug-likeness (QED) is 0.803. The zero-order chi connectivity index (χ0) is 20.3. The average molecular weight is 385 g/mol. The van der Waals surface area contributed by atoms with Crippen molar-refractivity contribution in [1.29, 1.82) is 0 Å². The van der Waals surface area contributed by atoms with Crippen molar-refractivity contribution in [2.45, 2.75) is 40.5 Å². The summed E-state index contributed by atoms with van der Waals surface area (Å²) in [6.45, 7) is 11.0. The number of amides is 1. The molecule has 0 radical (unpaired) electrons. The molecule has 1 fully saturated rings. The van der Waals surface area contributed by atoms with Gasteiger partial charge in [-0.2, -0.15) is 5.10 Å². The maximum atomic E-state index is 12.6. The molecule has 1 aliphatic rings. The van der Waals surface area contributed by atoms with Crippen LogP contribution in [-0.4, -0.2) is 51.9 Å². The van der Waals surface area contributed by atoms with Crippen LogP contribution in [0.5, 0.6) is 0 Å². The molecule has 1 aromatic heterocycles. The summed E-state index contributed by atoms with van der Waals surface area (Å²) in [6, 6.07) is 9.87. The summed E-state index contributed by atoms with van der Waals surface area (Å²) in [7, 11) is 0. The number of aliphatic hydroxyl groups is 1. The van der Waals surface area contributed by atoms with Crippen molar-refractivity contribution in [1.82, 2.24) is 14.7 Å². The fourth-order valence-electron chi connectivity index (χ4n) is 3.83. The third-order valence-corrected chi connectivity index (χ3v) is 5.43. The molecular weight excluding hydrogens is 352 g/mol. The third-order valence-electron chi connectivity index (χ3n) is 5.43. The highest BCUT2D eigenvalue weighted by atomic mass is 16.3. The highest BCUT2D eigenvalue weighted by Crippen LogP contribution is 2.24. The minimum Gasteiger partial charge on any atom is -0.396 e. The first kappa shape index (κ1) is 20.6. The molecule has 1 aromatic carbocycles. The Bertz CT molecular complexity index is 802. The monoisotopic (exact) mass is 384 g/mol. The van der Waals surface area contributed by atoms with E-state index in [0.29, 0.717) is 0 Å². The van der Waals surface area contributed by atoms with Crippen LogP contribution in [0, 0.1) is 25.2 Å². The van der Waals surface area contributed by atoms with Gasteiger partial charge in [0.05, 0.1) is 11.4 Å². The number of benzene rings is 1. The molecule has 2 aromatic rings. The largest absolute Gasteiger partial charge is 0.396 e. The van der Waals surface area contributed by atoms with Crippen LogP contribution >= 0.6 is 0 Å². The fraction of sp³-hybridized carbons (Fsp3) is 0.545. The summed E-state index contributed by atoms with van der Waals surface area (Å²) < 4.78 is 1.91. The van der Waals surface area contributed by atoms with E-state index < -0.39 is 0 Å². The number of carbonyl (C=O) groups is 1. The lowest BCUT2D eigenvalue weighted by molar-refractivity contribution is -0.121. The van der Waals surface area contributed by atoms with Crippen LogP contribution in [0.4, 0.5) is 5.69 Å². The van der Waals surface area contributed by atoms with Gasteiger partial charge in [-0.25, -0.2) is 4.68 Å². The Balaban J connectivity index is 1.53. The zero-order valence-electron chi connectivity index (χ0n) is 17.4. The van der Waals surface area contributed by atoms with Gasteiger partial charge in [-0.1, -0.05) is 13.8 Å². The van der Waals surface area contributed by atoms with E-state index in [-0.39, 0.29) is 23.8 Å². The summed E-state index contributed by atoms with van der Waals surface area (Å²) in [6.07, 6.45) is 1.72. The molecule has 2 N–H and O–H groups in total. The van der Waals surface area contributed by atoms with Crippen molar-refractivity contribution in [3.05, 3.63) is 41.7 Å². The summed E-state index contributed by atoms with van der Waals surface area (Å²) in [4.78, 5) is 15.0. The first-order chi connectivity index (χ1) is 13.3. The Morgan fingerprint density at radius 1 is 1.21 bits per heavy atom. The van der Waals surface area contributed by atoms with Gasteiger partial charge in [0.1, 0.15) is 0 Å². The SMILES string of the molecule is Cc1cc(C)n(-c2ccc(NC(=O)C3CCN(CC(C)(C)CO)CC3)cc2)n1. The number of hydrogen-bond donors (Lipinski definition) is 2. The number of nitrogens with one attached hydrogen (secondary N) is 1.